The molecule has 1 aromatic rings. The number of carboxylic acids is 1. The molecule has 18 nitrogen and oxygen atoms in total. The first-order valence-corrected chi connectivity index (χ1v) is 15.3. The van der Waals surface area contributed by atoms with Gasteiger partial charge in [0.15, 0.2) is 0 Å². The summed E-state index contributed by atoms with van der Waals surface area (Å²) < 4.78 is 0. The van der Waals surface area contributed by atoms with Gasteiger partial charge in [-0.2, -0.15) is 0 Å². The predicted octanol–water partition coefficient (Wildman–Crippen LogP) is -5.16. The molecule has 0 aliphatic carbocycles. The molecule has 0 unspecified atom stereocenters. The monoisotopic (exact) mass is 666 g/mol. The van der Waals surface area contributed by atoms with E-state index in [0.717, 1.165) is 0 Å². The number of benzene rings is 1. The molecular formula is C29H50N10O8. The van der Waals surface area contributed by atoms with Gasteiger partial charge in [0.2, 0.25) is 29.5 Å². The van der Waals surface area contributed by atoms with Crippen molar-refractivity contribution in [3.63, 3.8) is 0 Å². The molecule has 1 rings (SSSR count). The Hall–Kier alpha value is -4.20. The largest absolute Gasteiger partial charge is 0.480 e. The van der Waals surface area contributed by atoms with Crippen molar-refractivity contribution >= 4 is 35.5 Å². The molecule has 18 heteroatoms. The lowest BCUT2D eigenvalue weighted by atomic mass is 10.0. The minimum atomic E-state index is -1.61. The second-order valence-corrected chi connectivity index (χ2v) is 10.9. The zero-order valence-corrected chi connectivity index (χ0v) is 26.5. The zero-order chi connectivity index (χ0) is 35.5. The summed E-state index contributed by atoms with van der Waals surface area (Å²) in [5, 5.41) is 32.0. The minimum absolute atomic E-state index is 0.0152. The number of hydrogen-bond donors (Lipinski definition) is 12. The van der Waals surface area contributed by atoms with E-state index in [1.54, 1.807) is 30.3 Å². The third-order valence-corrected chi connectivity index (χ3v) is 7.04. The Balaban J connectivity index is 3.22. The summed E-state index contributed by atoms with van der Waals surface area (Å²) in [7, 11) is 0. The highest BCUT2D eigenvalue weighted by molar-refractivity contribution is 5.96. The SMILES string of the molecule is C[C@@H](O)[C@H](NC(=O)[C@@H](Cc1ccccc1)NC(=O)[C@H](CCN)NC(=O)[C@@H](N)CCN)C(=O)N[C@@H](CCN)C(=O)N[C@@H](CCN)C(=O)O. The molecule has 0 radical (unpaired) electrons. The number of nitrogens with two attached hydrogens (primary N) is 5. The van der Waals surface area contributed by atoms with E-state index in [9.17, 15) is 39.0 Å². The normalized spacial score (nSPS) is 15.5. The lowest BCUT2D eigenvalue weighted by Crippen LogP contribution is -2.62. The lowest BCUT2D eigenvalue weighted by molar-refractivity contribution is -0.142. The molecule has 7 atom stereocenters. The molecule has 1 aromatic carbocycles. The van der Waals surface area contributed by atoms with Crippen LogP contribution in [0, 0.1) is 0 Å². The van der Waals surface area contributed by atoms with Gasteiger partial charge in [-0.15, -0.1) is 0 Å². The van der Waals surface area contributed by atoms with E-state index >= 15 is 0 Å². The van der Waals surface area contributed by atoms with E-state index < -0.39 is 77.9 Å². The number of aliphatic carboxylic acids is 1. The molecule has 0 aliphatic heterocycles. The Kier molecular flexibility index (Phi) is 18.7. The van der Waals surface area contributed by atoms with Crippen molar-refractivity contribution in [3.8, 4) is 0 Å². The average Bonchev–Trinajstić information content (AvgIpc) is 3.02. The van der Waals surface area contributed by atoms with E-state index in [0.29, 0.717) is 5.56 Å². The van der Waals surface area contributed by atoms with Gasteiger partial charge in [0.05, 0.1) is 12.1 Å². The van der Waals surface area contributed by atoms with Gasteiger partial charge >= 0.3 is 5.97 Å². The van der Waals surface area contributed by atoms with E-state index in [1.165, 1.54) is 6.92 Å². The fourth-order valence-corrected chi connectivity index (χ4v) is 4.41. The number of amides is 5. The van der Waals surface area contributed by atoms with Crippen LogP contribution in [0.1, 0.15) is 38.2 Å². The van der Waals surface area contributed by atoms with Crippen LogP contribution in [0.5, 0.6) is 0 Å². The van der Waals surface area contributed by atoms with Crippen LogP contribution in [-0.2, 0) is 35.2 Å². The first kappa shape index (κ1) is 40.8. The second-order valence-electron chi connectivity index (χ2n) is 10.9. The van der Waals surface area contributed by atoms with Gasteiger partial charge in [-0.25, -0.2) is 4.79 Å². The topological polar surface area (TPSA) is 333 Å². The summed E-state index contributed by atoms with van der Waals surface area (Å²) in [5.74, 6) is -5.40. The van der Waals surface area contributed by atoms with Crippen molar-refractivity contribution in [1.82, 2.24) is 26.6 Å². The van der Waals surface area contributed by atoms with Crippen molar-refractivity contribution in [2.45, 2.75) is 81.4 Å². The van der Waals surface area contributed by atoms with Crippen LogP contribution in [0.15, 0.2) is 30.3 Å². The first-order valence-electron chi connectivity index (χ1n) is 15.3. The molecule has 17 N–H and O–H groups in total. The molecule has 5 amide bonds. The summed E-state index contributed by atoms with van der Waals surface area (Å²) in [6.45, 7) is 1.30. The minimum Gasteiger partial charge on any atom is -0.480 e. The average molecular weight is 667 g/mol. The standard InChI is InChI=1S/C29H50N10O8/c1-16(40)23(28(45)36-20(9-13-32)25(42)37-21(10-14-33)29(46)47)39-27(44)22(15-17-5-3-2-4-6-17)38-26(43)19(8-12-31)35-24(41)18(34)7-11-30/h2-6,16,18-23,40H,7-15,30-34H2,1H3,(H,35,41)(H,36,45)(H,37,42)(H,38,43)(H,39,44)(H,46,47)/t16-,18+,19+,20+,21+,22-,23+/m1/s1. The van der Waals surface area contributed by atoms with E-state index in [-0.39, 0.29) is 58.3 Å². The lowest BCUT2D eigenvalue weighted by Gasteiger charge is -2.28. The number of aliphatic hydroxyl groups is 1. The molecule has 0 saturated heterocycles. The number of carboxylic acid groups (broad SMARTS) is 1. The molecule has 47 heavy (non-hydrogen) atoms. The number of nitrogens with one attached hydrogen (secondary N) is 5. The van der Waals surface area contributed by atoms with Crippen molar-refractivity contribution in [2.75, 3.05) is 26.2 Å². The summed E-state index contributed by atoms with van der Waals surface area (Å²) >= 11 is 0. The zero-order valence-electron chi connectivity index (χ0n) is 26.5. The van der Waals surface area contributed by atoms with Gasteiger partial charge in [0, 0.05) is 6.42 Å². The number of aliphatic hydroxyl groups excluding tert-OH is 1. The summed E-state index contributed by atoms with van der Waals surface area (Å²) in [6, 6.07) is 0.959. The molecular weight excluding hydrogens is 616 g/mol. The first-order chi connectivity index (χ1) is 22.3. The van der Waals surface area contributed by atoms with E-state index in [4.69, 9.17) is 28.7 Å². The third kappa shape index (κ3) is 14.4. The molecule has 264 valence electrons. The van der Waals surface area contributed by atoms with E-state index in [2.05, 4.69) is 26.6 Å². The molecule has 0 bridgehead atoms. The Morgan fingerprint density at radius 3 is 1.51 bits per heavy atom. The van der Waals surface area contributed by atoms with Crippen molar-refractivity contribution in [2.24, 2.45) is 28.7 Å². The highest BCUT2D eigenvalue weighted by atomic mass is 16.4. The number of carbonyl (C=O) groups excluding carboxylic acids is 5. The highest BCUT2D eigenvalue weighted by Gasteiger charge is 2.34. The van der Waals surface area contributed by atoms with Crippen LogP contribution >= 0.6 is 0 Å². The van der Waals surface area contributed by atoms with Gasteiger partial charge in [-0.05, 0) is 64.3 Å². The van der Waals surface area contributed by atoms with Crippen LogP contribution in [0.25, 0.3) is 0 Å². The van der Waals surface area contributed by atoms with Crippen LogP contribution in [0.4, 0.5) is 0 Å². The van der Waals surface area contributed by atoms with Crippen LogP contribution in [-0.4, -0.2) is 114 Å². The molecule has 0 spiro atoms. The van der Waals surface area contributed by atoms with Crippen LogP contribution < -0.4 is 55.3 Å². The molecule has 0 fully saturated rings. The van der Waals surface area contributed by atoms with E-state index in [1.807, 2.05) is 0 Å². The second kappa shape index (κ2) is 21.6. The Labute approximate surface area is 273 Å². The summed E-state index contributed by atoms with van der Waals surface area (Å²) in [4.78, 5) is 77.0. The highest BCUT2D eigenvalue weighted by Crippen LogP contribution is 2.07. The molecule has 0 saturated carbocycles. The van der Waals surface area contributed by atoms with Gasteiger partial charge < -0.3 is 65.5 Å². The quantitative estimate of drug-likeness (QED) is 0.0551. The Morgan fingerprint density at radius 1 is 0.617 bits per heavy atom. The van der Waals surface area contributed by atoms with Crippen LogP contribution in [0.3, 0.4) is 0 Å². The summed E-state index contributed by atoms with van der Waals surface area (Å²) in [6.07, 6.45) is -1.50. The van der Waals surface area contributed by atoms with Gasteiger partial charge in [0.1, 0.15) is 30.2 Å². The number of rotatable bonds is 22. The molecule has 0 aliphatic rings. The molecule has 0 aromatic heterocycles. The van der Waals surface area contributed by atoms with Crippen molar-refractivity contribution < 1.29 is 39.0 Å². The summed E-state index contributed by atoms with van der Waals surface area (Å²) in [5.41, 5.74) is 28.6. The maximum atomic E-state index is 13.6. The van der Waals surface area contributed by atoms with Gasteiger partial charge in [-0.1, -0.05) is 30.3 Å². The van der Waals surface area contributed by atoms with Crippen molar-refractivity contribution in [3.05, 3.63) is 35.9 Å². The smallest absolute Gasteiger partial charge is 0.326 e. The third-order valence-electron chi connectivity index (χ3n) is 7.04. The number of hydrogen-bond acceptors (Lipinski definition) is 12. The molecule has 0 heterocycles. The fourth-order valence-electron chi connectivity index (χ4n) is 4.41. The number of carbonyl (C=O) groups is 6. The Bertz CT molecular complexity index is 1170. The fraction of sp³-hybridized carbons (Fsp3) is 0.586. The van der Waals surface area contributed by atoms with Gasteiger partial charge in [0.25, 0.3) is 0 Å². The van der Waals surface area contributed by atoms with Crippen molar-refractivity contribution in [1.29, 1.82) is 0 Å². The maximum absolute atomic E-state index is 13.6. The maximum Gasteiger partial charge on any atom is 0.326 e. The Morgan fingerprint density at radius 2 is 1.04 bits per heavy atom. The van der Waals surface area contributed by atoms with Crippen LogP contribution in [0.2, 0.25) is 0 Å². The predicted molar refractivity (Wildman–Crippen MR) is 172 cm³/mol. The van der Waals surface area contributed by atoms with Gasteiger partial charge in [-0.3, -0.25) is 24.0 Å².